The number of phenolic OH excluding ortho intramolecular Hbond substituents is 1. The molecule has 4 aromatic carbocycles. The van der Waals surface area contributed by atoms with E-state index in [0.29, 0.717) is 9.87 Å². The second-order valence-corrected chi connectivity index (χ2v) is 13.5. The number of likely N-dealkylation sites (N-methyl/N-ethyl adjacent to an activating group) is 1. The first kappa shape index (κ1) is 36.3. The van der Waals surface area contributed by atoms with Gasteiger partial charge in [0.15, 0.2) is 11.3 Å². The third kappa shape index (κ3) is 6.75. The van der Waals surface area contributed by atoms with Crippen molar-refractivity contribution in [2.45, 2.75) is 29.3 Å². The summed E-state index contributed by atoms with van der Waals surface area (Å²) in [5, 5.41) is 13.1. The largest absolute Gasteiger partial charge is 0.573 e. The zero-order valence-electron chi connectivity index (χ0n) is 27.0. The first-order valence-electron chi connectivity index (χ1n) is 14.8. The topological polar surface area (TPSA) is 135 Å². The van der Waals surface area contributed by atoms with E-state index in [1.807, 2.05) is 0 Å². The van der Waals surface area contributed by atoms with Crippen LogP contribution in [-0.4, -0.2) is 71.0 Å². The van der Waals surface area contributed by atoms with Crippen molar-refractivity contribution in [3.8, 4) is 23.0 Å². The van der Waals surface area contributed by atoms with Gasteiger partial charge in [0.1, 0.15) is 22.1 Å². The number of aromatic hydroxyl groups is 1. The summed E-state index contributed by atoms with van der Waals surface area (Å²) in [7, 11) is 0.265. The van der Waals surface area contributed by atoms with Gasteiger partial charge in [0, 0.05) is 36.3 Å². The van der Waals surface area contributed by atoms with E-state index in [1.165, 1.54) is 75.7 Å². The molecular formula is C34H31ClF3N3O8S. The third-order valence-corrected chi connectivity index (χ3v) is 9.97. The second kappa shape index (κ2) is 13.7. The highest BCUT2D eigenvalue weighted by Crippen LogP contribution is 2.51. The van der Waals surface area contributed by atoms with Crippen LogP contribution in [0.2, 0.25) is 5.02 Å². The Morgan fingerprint density at radius 1 is 0.960 bits per heavy atom. The minimum atomic E-state index is -5.31. The van der Waals surface area contributed by atoms with E-state index in [1.54, 1.807) is 24.3 Å². The standard InChI is InChI=1S/C34H31ClF3N3O8S/c1-40(2)31(43)26(17-20-9-12-22(42)13-10-20)39-33(24-7-5-6-8-28(24)48-4)25-18-21(35)11-15-27(25)41(32(33)44)50(45,46)30-16-14-23(47-3)19-29(30)49-34(36,37)38/h5-16,18-19,26,39,42H,17H2,1-4H3/t26-,33?/m0/s1. The number of amides is 2. The van der Waals surface area contributed by atoms with Gasteiger partial charge in [0.05, 0.1) is 25.9 Å². The molecule has 0 saturated carbocycles. The number of hydrogen-bond acceptors (Lipinski definition) is 9. The molecule has 50 heavy (non-hydrogen) atoms. The molecule has 2 N–H and O–H groups in total. The highest BCUT2D eigenvalue weighted by Gasteiger charge is 2.59. The fraction of sp³-hybridized carbons (Fsp3) is 0.235. The van der Waals surface area contributed by atoms with Crippen LogP contribution in [0.1, 0.15) is 16.7 Å². The number of anilines is 1. The van der Waals surface area contributed by atoms with Gasteiger partial charge in [-0.3, -0.25) is 14.9 Å². The van der Waals surface area contributed by atoms with Crippen LogP contribution >= 0.6 is 11.6 Å². The number of benzene rings is 4. The first-order chi connectivity index (χ1) is 23.5. The maximum atomic E-state index is 15.2. The lowest BCUT2D eigenvalue weighted by Gasteiger charge is -2.36. The van der Waals surface area contributed by atoms with Crippen molar-refractivity contribution in [2.75, 3.05) is 32.6 Å². The molecule has 264 valence electrons. The van der Waals surface area contributed by atoms with E-state index in [2.05, 4.69) is 10.1 Å². The number of rotatable bonds is 11. The number of carbonyl (C=O) groups is 2. The Labute approximate surface area is 290 Å². The van der Waals surface area contributed by atoms with Crippen molar-refractivity contribution in [2.24, 2.45) is 0 Å². The van der Waals surface area contributed by atoms with E-state index in [9.17, 15) is 31.5 Å². The van der Waals surface area contributed by atoms with Gasteiger partial charge in [0.2, 0.25) is 5.91 Å². The molecule has 0 aliphatic carbocycles. The van der Waals surface area contributed by atoms with Crippen molar-refractivity contribution in [3.05, 3.63) is 107 Å². The van der Waals surface area contributed by atoms with Crippen LogP contribution in [0.15, 0.2) is 89.8 Å². The number of para-hydroxylation sites is 1. The Hall–Kier alpha value is -4.99. The van der Waals surface area contributed by atoms with Crippen LogP contribution in [0, 0.1) is 0 Å². The number of methoxy groups -OCH3 is 2. The molecule has 4 aromatic rings. The number of alkyl halides is 3. The number of phenols is 1. The van der Waals surface area contributed by atoms with Gasteiger partial charge in [-0.1, -0.05) is 41.9 Å². The number of ether oxygens (including phenoxy) is 3. The number of halogens is 4. The van der Waals surface area contributed by atoms with Crippen molar-refractivity contribution < 1.29 is 50.5 Å². The minimum Gasteiger partial charge on any atom is -0.508 e. The van der Waals surface area contributed by atoms with Gasteiger partial charge in [-0.05, 0) is 60.5 Å². The Kier molecular flexibility index (Phi) is 9.96. The highest BCUT2D eigenvalue weighted by atomic mass is 35.5. The molecule has 16 heteroatoms. The Morgan fingerprint density at radius 3 is 2.26 bits per heavy atom. The van der Waals surface area contributed by atoms with E-state index >= 15 is 4.79 Å². The van der Waals surface area contributed by atoms with Gasteiger partial charge in [-0.15, -0.1) is 13.2 Å². The van der Waals surface area contributed by atoms with Gasteiger partial charge in [-0.25, -0.2) is 12.7 Å². The summed E-state index contributed by atoms with van der Waals surface area (Å²) in [6.07, 6.45) is -5.36. The van der Waals surface area contributed by atoms with Gasteiger partial charge >= 0.3 is 6.36 Å². The molecule has 1 aliphatic heterocycles. The zero-order valence-corrected chi connectivity index (χ0v) is 28.6. The average Bonchev–Trinajstić information content (AvgIpc) is 3.31. The Morgan fingerprint density at radius 2 is 1.64 bits per heavy atom. The molecule has 11 nitrogen and oxygen atoms in total. The fourth-order valence-electron chi connectivity index (χ4n) is 5.81. The lowest BCUT2D eigenvalue weighted by molar-refractivity contribution is -0.275. The zero-order chi connectivity index (χ0) is 36.6. The minimum absolute atomic E-state index is 0.0227. The molecule has 0 fully saturated rings. The quantitative estimate of drug-likeness (QED) is 0.213. The normalized spacial score (nSPS) is 16.5. The molecular weight excluding hydrogens is 703 g/mol. The fourth-order valence-corrected chi connectivity index (χ4v) is 7.54. The molecule has 0 saturated heterocycles. The maximum absolute atomic E-state index is 15.2. The summed E-state index contributed by atoms with van der Waals surface area (Å²) in [6.45, 7) is 0. The number of sulfonamides is 1. The van der Waals surface area contributed by atoms with Crippen molar-refractivity contribution in [1.29, 1.82) is 0 Å². The smallest absolute Gasteiger partial charge is 0.508 e. The van der Waals surface area contributed by atoms with Crippen LogP contribution in [0.3, 0.4) is 0 Å². The van der Waals surface area contributed by atoms with Crippen LogP contribution in [0.4, 0.5) is 18.9 Å². The van der Waals surface area contributed by atoms with Gasteiger partial charge in [0.25, 0.3) is 15.9 Å². The SMILES string of the molecule is COc1ccc(S(=O)(=O)N2C(=O)C(N[C@@H](Cc3ccc(O)cc3)C(=O)N(C)C)(c3ccccc3OC)c3cc(Cl)ccc32)c(OC(F)(F)F)c1. The summed E-state index contributed by atoms with van der Waals surface area (Å²) in [5.41, 5.74) is -1.87. The molecule has 0 bridgehead atoms. The molecule has 0 aromatic heterocycles. The second-order valence-electron chi connectivity index (χ2n) is 11.3. The predicted octanol–water partition coefficient (Wildman–Crippen LogP) is 5.23. The van der Waals surface area contributed by atoms with E-state index in [-0.39, 0.29) is 45.5 Å². The van der Waals surface area contributed by atoms with Crippen LogP contribution < -0.4 is 23.8 Å². The summed E-state index contributed by atoms with van der Waals surface area (Å²) in [6, 6.07) is 17.5. The van der Waals surface area contributed by atoms with Crippen molar-refractivity contribution >= 4 is 39.1 Å². The van der Waals surface area contributed by atoms with Crippen molar-refractivity contribution in [3.63, 3.8) is 0 Å². The van der Waals surface area contributed by atoms with Gasteiger partial charge in [-0.2, -0.15) is 0 Å². The number of nitrogens with zero attached hydrogens (tertiary/aromatic N) is 2. The lowest BCUT2D eigenvalue weighted by Crippen LogP contribution is -2.59. The highest BCUT2D eigenvalue weighted by molar-refractivity contribution is 7.93. The van der Waals surface area contributed by atoms with E-state index in [4.69, 9.17) is 21.1 Å². The van der Waals surface area contributed by atoms with Gasteiger partial charge < -0.3 is 24.2 Å². The Balaban J connectivity index is 1.80. The average molecular weight is 734 g/mol. The Bertz CT molecular complexity index is 2040. The maximum Gasteiger partial charge on any atom is 0.573 e. The molecule has 2 amide bonds. The van der Waals surface area contributed by atoms with Crippen LogP contribution in [-0.2, 0) is 31.6 Å². The molecule has 2 atom stereocenters. The van der Waals surface area contributed by atoms with E-state index in [0.717, 1.165) is 18.2 Å². The molecule has 0 spiro atoms. The third-order valence-electron chi connectivity index (χ3n) is 8.00. The molecule has 1 heterocycles. The lowest BCUT2D eigenvalue weighted by atomic mass is 9.81. The first-order valence-corrected chi connectivity index (χ1v) is 16.6. The number of fused-ring (bicyclic) bond motifs is 1. The molecule has 5 rings (SSSR count). The van der Waals surface area contributed by atoms with Crippen LogP contribution in [0.25, 0.3) is 0 Å². The molecule has 1 unspecified atom stereocenters. The molecule has 0 radical (unpaired) electrons. The van der Waals surface area contributed by atoms with Crippen LogP contribution in [0.5, 0.6) is 23.0 Å². The number of carbonyl (C=O) groups excluding carboxylic acids is 2. The number of hydrogen-bond donors (Lipinski definition) is 2. The summed E-state index contributed by atoms with van der Waals surface area (Å²) in [4.78, 5) is 29.3. The summed E-state index contributed by atoms with van der Waals surface area (Å²) < 4.78 is 84.9. The van der Waals surface area contributed by atoms with E-state index < -0.39 is 50.4 Å². The number of nitrogens with one attached hydrogen (secondary N) is 1. The molecule has 1 aliphatic rings. The van der Waals surface area contributed by atoms with Crippen molar-refractivity contribution in [1.82, 2.24) is 10.2 Å². The predicted molar refractivity (Wildman–Crippen MR) is 177 cm³/mol. The monoisotopic (exact) mass is 733 g/mol. The summed E-state index contributed by atoms with van der Waals surface area (Å²) in [5.74, 6) is -2.91. The summed E-state index contributed by atoms with van der Waals surface area (Å²) >= 11 is 6.47.